The molecule has 0 aliphatic carbocycles. The van der Waals surface area contributed by atoms with E-state index in [2.05, 4.69) is 21.2 Å². The number of nitrogens with two attached hydrogens (primary N) is 1. The van der Waals surface area contributed by atoms with Gasteiger partial charge >= 0.3 is 0 Å². The summed E-state index contributed by atoms with van der Waals surface area (Å²) in [5.74, 6) is -0.241. The molecule has 0 fully saturated rings. The number of anilines is 2. The minimum Gasteiger partial charge on any atom is -0.399 e. The lowest BCUT2D eigenvalue weighted by Crippen LogP contribution is -2.12. The average molecular weight is 316 g/mol. The highest BCUT2D eigenvalue weighted by atomic mass is 79.9. The van der Waals surface area contributed by atoms with Gasteiger partial charge in [0, 0.05) is 15.7 Å². The number of hydrogen-bond donors (Lipinski definition) is 2. The Morgan fingerprint density at radius 3 is 2.47 bits per heavy atom. The van der Waals surface area contributed by atoms with E-state index >= 15 is 0 Å². The summed E-state index contributed by atoms with van der Waals surface area (Å²) in [6.07, 6.45) is 0. The molecule has 0 aromatic heterocycles. The van der Waals surface area contributed by atoms with Gasteiger partial charge in [-0.05, 0) is 58.4 Å². The Balaban J connectivity index is 2.18. The number of amides is 1. The van der Waals surface area contributed by atoms with Gasteiger partial charge in [0.2, 0.25) is 0 Å². The van der Waals surface area contributed by atoms with Crippen molar-refractivity contribution in [2.45, 2.75) is 0 Å². The maximum atomic E-state index is 12.0. The van der Waals surface area contributed by atoms with Gasteiger partial charge in [-0.15, -0.1) is 0 Å². The highest BCUT2D eigenvalue weighted by molar-refractivity contribution is 9.10. The van der Waals surface area contributed by atoms with E-state index in [1.54, 1.807) is 42.5 Å². The predicted octanol–water partition coefficient (Wildman–Crippen LogP) is 3.16. The molecule has 1 amide bonds. The van der Waals surface area contributed by atoms with Crippen LogP contribution in [0.15, 0.2) is 46.9 Å². The average Bonchev–Trinajstić information content (AvgIpc) is 2.42. The molecule has 0 heterocycles. The van der Waals surface area contributed by atoms with Crippen molar-refractivity contribution in [3.8, 4) is 6.07 Å². The molecule has 4 nitrogen and oxygen atoms in total. The van der Waals surface area contributed by atoms with Gasteiger partial charge in [-0.25, -0.2) is 0 Å². The van der Waals surface area contributed by atoms with Gasteiger partial charge in [0.05, 0.1) is 17.3 Å². The van der Waals surface area contributed by atoms with Crippen molar-refractivity contribution in [3.63, 3.8) is 0 Å². The number of halogens is 1. The van der Waals surface area contributed by atoms with Gasteiger partial charge < -0.3 is 11.1 Å². The van der Waals surface area contributed by atoms with Gasteiger partial charge in [0.25, 0.3) is 5.91 Å². The summed E-state index contributed by atoms with van der Waals surface area (Å²) in [5.41, 5.74) is 7.89. The summed E-state index contributed by atoms with van der Waals surface area (Å²) in [7, 11) is 0. The Morgan fingerprint density at radius 2 is 1.89 bits per heavy atom. The van der Waals surface area contributed by atoms with E-state index in [1.165, 1.54) is 0 Å². The van der Waals surface area contributed by atoms with Gasteiger partial charge in [-0.3, -0.25) is 4.79 Å². The second-order valence-electron chi connectivity index (χ2n) is 3.88. The van der Waals surface area contributed by atoms with Crippen molar-refractivity contribution in [3.05, 3.63) is 58.1 Å². The van der Waals surface area contributed by atoms with E-state index < -0.39 is 0 Å². The first-order valence-corrected chi connectivity index (χ1v) is 6.26. The zero-order valence-electron chi connectivity index (χ0n) is 9.85. The number of nitrogens with one attached hydrogen (secondary N) is 1. The fraction of sp³-hybridized carbons (Fsp3) is 0. The molecular formula is C14H10BrN3O. The third kappa shape index (κ3) is 3.12. The smallest absolute Gasteiger partial charge is 0.255 e. The van der Waals surface area contributed by atoms with Crippen LogP contribution in [0.4, 0.5) is 11.4 Å². The van der Waals surface area contributed by atoms with Crippen LogP contribution in [0, 0.1) is 11.3 Å². The first kappa shape index (κ1) is 13.1. The summed E-state index contributed by atoms with van der Waals surface area (Å²) in [6, 6.07) is 13.6. The standard InChI is InChI=1S/C14H10BrN3O/c15-12-7-11(17)5-6-13(12)18-14(19)10-3-1-9(8-16)2-4-10/h1-7H,17H2,(H,18,19). The molecule has 2 rings (SSSR count). The predicted molar refractivity (Wildman–Crippen MR) is 77.7 cm³/mol. The topological polar surface area (TPSA) is 78.9 Å². The number of carbonyl (C=O) groups excluding carboxylic acids is 1. The molecule has 0 bridgehead atoms. The third-order valence-corrected chi connectivity index (χ3v) is 3.17. The summed E-state index contributed by atoms with van der Waals surface area (Å²) in [4.78, 5) is 12.0. The first-order chi connectivity index (χ1) is 9.10. The number of nitrogen functional groups attached to an aromatic ring is 1. The van der Waals surface area contributed by atoms with E-state index in [0.717, 1.165) is 4.47 Å². The van der Waals surface area contributed by atoms with Gasteiger partial charge in [-0.1, -0.05) is 0 Å². The van der Waals surface area contributed by atoms with Crippen LogP contribution in [0.3, 0.4) is 0 Å². The Hall–Kier alpha value is -2.32. The molecule has 0 saturated heterocycles. The Labute approximate surface area is 119 Å². The summed E-state index contributed by atoms with van der Waals surface area (Å²) < 4.78 is 0.717. The Kier molecular flexibility index (Phi) is 3.83. The lowest BCUT2D eigenvalue weighted by atomic mass is 10.1. The second-order valence-corrected chi connectivity index (χ2v) is 4.74. The number of nitriles is 1. The van der Waals surface area contributed by atoms with E-state index in [0.29, 0.717) is 22.5 Å². The summed E-state index contributed by atoms with van der Waals surface area (Å²) in [6.45, 7) is 0. The molecule has 0 saturated carbocycles. The van der Waals surface area contributed by atoms with Crippen molar-refractivity contribution in [1.82, 2.24) is 0 Å². The highest BCUT2D eigenvalue weighted by Crippen LogP contribution is 2.25. The molecule has 2 aromatic rings. The van der Waals surface area contributed by atoms with Crippen LogP contribution < -0.4 is 11.1 Å². The van der Waals surface area contributed by atoms with E-state index in [9.17, 15) is 4.79 Å². The SMILES string of the molecule is N#Cc1ccc(C(=O)Nc2ccc(N)cc2Br)cc1. The van der Waals surface area contributed by atoms with Crippen LogP contribution in [-0.2, 0) is 0 Å². The molecule has 0 aliphatic heterocycles. The maximum Gasteiger partial charge on any atom is 0.255 e. The van der Waals surface area contributed by atoms with Crippen LogP contribution in [0.25, 0.3) is 0 Å². The minimum absolute atomic E-state index is 0.241. The molecule has 0 spiro atoms. The largest absolute Gasteiger partial charge is 0.399 e. The van der Waals surface area contributed by atoms with Crippen LogP contribution in [0.5, 0.6) is 0 Å². The molecule has 0 aliphatic rings. The second kappa shape index (κ2) is 5.55. The lowest BCUT2D eigenvalue weighted by Gasteiger charge is -2.08. The normalized spacial score (nSPS) is 9.68. The molecule has 0 unspecified atom stereocenters. The van der Waals surface area contributed by atoms with E-state index in [4.69, 9.17) is 11.0 Å². The van der Waals surface area contributed by atoms with Gasteiger partial charge in [-0.2, -0.15) is 5.26 Å². The Bertz CT molecular complexity index is 659. The van der Waals surface area contributed by atoms with E-state index in [-0.39, 0.29) is 5.91 Å². The fourth-order valence-electron chi connectivity index (χ4n) is 1.52. The summed E-state index contributed by atoms with van der Waals surface area (Å²) in [5, 5.41) is 11.5. The number of benzene rings is 2. The molecular weight excluding hydrogens is 306 g/mol. The zero-order chi connectivity index (χ0) is 13.8. The van der Waals surface area contributed by atoms with Crippen LogP contribution in [0.1, 0.15) is 15.9 Å². The molecule has 94 valence electrons. The molecule has 19 heavy (non-hydrogen) atoms. The quantitative estimate of drug-likeness (QED) is 0.835. The first-order valence-electron chi connectivity index (χ1n) is 5.46. The third-order valence-electron chi connectivity index (χ3n) is 2.52. The monoisotopic (exact) mass is 315 g/mol. The van der Waals surface area contributed by atoms with Crippen molar-refractivity contribution in [2.75, 3.05) is 11.1 Å². The minimum atomic E-state index is -0.241. The molecule has 2 aromatic carbocycles. The van der Waals surface area contributed by atoms with Crippen LogP contribution in [0.2, 0.25) is 0 Å². The van der Waals surface area contributed by atoms with Crippen LogP contribution in [-0.4, -0.2) is 5.91 Å². The molecule has 3 N–H and O–H groups in total. The molecule has 0 atom stereocenters. The highest BCUT2D eigenvalue weighted by Gasteiger charge is 2.08. The Morgan fingerprint density at radius 1 is 1.21 bits per heavy atom. The lowest BCUT2D eigenvalue weighted by molar-refractivity contribution is 0.102. The molecule has 5 heteroatoms. The fourth-order valence-corrected chi connectivity index (χ4v) is 2.02. The maximum absolute atomic E-state index is 12.0. The van der Waals surface area contributed by atoms with Gasteiger partial charge in [0.1, 0.15) is 0 Å². The van der Waals surface area contributed by atoms with Crippen molar-refractivity contribution in [1.29, 1.82) is 5.26 Å². The zero-order valence-corrected chi connectivity index (χ0v) is 11.4. The number of rotatable bonds is 2. The number of hydrogen-bond acceptors (Lipinski definition) is 3. The van der Waals surface area contributed by atoms with Crippen molar-refractivity contribution >= 4 is 33.2 Å². The summed E-state index contributed by atoms with van der Waals surface area (Å²) >= 11 is 3.33. The van der Waals surface area contributed by atoms with Gasteiger partial charge in [0.15, 0.2) is 0 Å². The van der Waals surface area contributed by atoms with Crippen molar-refractivity contribution < 1.29 is 4.79 Å². The number of nitrogens with zero attached hydrogens (tertiary/aromatic N) is 1. The molecule has 0 radical (unpaired) electrons. The van der Waals surface area contributed by atoms with Crippen LogP contribution >= 0.6 is 15.9 Å². The van der Waals surface area contributed by atoms with Crippen molar-refractivity contribution in [2.24, 2.45) is 0 Å². The number of carbonyl (C=O) groups is 1. The van der Waals surface area contributed by atoms with E-state index in [1.807, 2.05) is 6.07 Å².